The molecule has 0 saturated carbocycles. The Balaban J connectivity index is 3.62. The van der Waals surface area contributed by atoms with Crippen LogP contribution in [0.2, 0.25) is 6.55 Å². The highest BCUT2D eigenvalue weighted by atomic mass is 32.6. The molecule has 0 heterocycles. The largest absolute Gasteiger partial charge is 0.399 e. The van der Waals surface area contributed by atoms with Gasteiger partial charge in [-0.2, -0.15) is 0 Å². The quantitative estimate of drug-likeness (QED) is 0.618. The summed E-state index contributed by atoms with van der Waals surface area (Å²) in [6.45, 7) is 3.77. The van der Waals surface area contributed by atoms with Crippen LogP contribution >= 0.6 is 22.4 Å². The Hall–Kier alpha value is 0.877. The second-order valence-electron chi connectivity index (χ2n) is 1.70. The molecule has 0 radical (unpaired) electrons. The standard InChI is InChI=1S/C5H14OS2Si/c1-5-6-9(4,7-2)8-3/h5H2,1-4H3. The molecule has 0 bridgehead atoms. The van der Waals surface area contributed by atoms with Crippen molar-refractivity contribution in [2.75, 3.05) is 19.1 Å². The lowest BCUT2D eigenvalue weighted by Crippen LogP contribution is -2.25. The van der Waals surface area contributed by atoms with Crippen molar-refractivity contribution in [3.63, 3.8) is 0 Å². The van der Waals surface area contributed by atoms with Crippen LogP contribution in [0.4, 0.5) is 0 Å². The first-order valence-electron chi connectivity index (χ1n) is 2.92. The lowest BCUT2D eigenvalue weighted by Gasteiger charge is -2.20. The molecule has 4 heteroatoms. The number of hydrogen-bond acceptors (Lipinski definition) is 3. The van der Waals surface area contributed by atoms with Gasteiger partial charge in [-0.25, -0.2) is 0 Å². The summed E-state index contributed by atoms with van der Waals surface area (Å²) < 4.78 is 5.59. The molecule has 56 valence electrons. The van der Waals surface area contributed by atoms with Crippen molar-refractivity contribution in [2.45, 2.75) is 13.5 Å². The molecule has 0 spiro atoms. The summed E-state index contributed by atoms with van der Waals surface area (Å²) in [5.74, 6) is 0. The van der Waals surface area contributed by atoms with E-state index in [2.05, 4.69) is 26.0 Å². The van der Waals surface area contributed by atoms with Crippen LogP contribution in [0.5, 0.6) is 0 Å². The van der Waals surface area contributed by atoms with Crippen molar-refractivity contribution >= 4 is 29.0 Å². The van der Waals surface area contributed by atoms with Crippen LogP contribution in [0.25, 0.3) is 0 Å². The predicted octanol–water partition coefficient (Wildman–Crippen LogP) is 2.32. The van der Waals surface area contributed by atoms with Gasteiger partial charge < -0.3 is 4.43 Å². The zero-order valence-corrected chi connectivity index (χ0v) is 9.06. The predicted molar refractivity (Wildman–Crippen MR) is 50.3 cm³/mol. The van der Waals surface area contributed by atoms with Crippen LogP contribution in [0.15, 0.2) is 0 Å². The molecule has 0 aromatic rings. The summed E-state index contributed by atoms with van der Waals surface area (Å²) in [6, 6.07) is 0. The Labute approximate surface area is 66.4 Å². The molecule has 0 amide bonds. The molecular formula is C5H14OS2Si. The van der Waals surface area contributed by atoms with E-state index >= 15 is 0 Å². The fourth-order valence-corrected chi connectivity index (χ4v) is 4.80. The molecule has 0 aliphatic rings. The number of hydrogen-bond donors (Lipinski definition) is 0. The van der Waals surface area contributed by atoms with Crippen molar-refractivity contribution in [3.8, 4) is 0 Å². The minimum atomic E-state index is -1.36. The summed E-state index contributed by atoms with van der Waals surface area (Å²) in [6.07, 6.45) is 4.25. The molecule has 0 fully saturated rings. The van der Waals surface area contributed by atoms with E-state index in [1.54, 1.807) is 0 Å². The third kappa shape index (κ3) is 3.55. The normalized spacial score (nSPS) is 12.0. The Morgan fingerprint density at radius 2 is 1.78 bits per heavy atom. The topological polar surface area (TPSA) is 9.23 Å². The van der Waals surface area contributed by atoms with Gasteiger partial charge in [0.05, 0.1) is 0 Å². The van der Waals surface area contributed by atoms with Crippen LogP contribution < -0.4 is 0 Å². The molecule has 0 N–H and O–H groups in total. The smallest absolute Gasteiger partial charge is 0.314 e. The SMILES string of the molecule is CCO[Si](C)(SC)SC. The summed E-state index contributed by atoms with van der Waals surface area (Å²) in [7, 11) is 0. The minimum absolute atomic E-state index is 0.852. The Morgan fingerprint density at radius 3 is 1.89 bits per heavy atom. The van der Waals surface area contributed by atoms with E-state index in [1.165, 1.54) is 0 Å². The summed E-state index contributed by atoms with van der Waals surface area (Å²) >= 11 is 3.75. The van der Waals surface area contributed by atoms with E-state index in [1.807, 2.05) is 22.4 Å². The molecule has 0 aliphatic carbocycles. The second-order valence-corrected chi connectivity index (χ2v) is 12.4. The minimum Gasteiger partial charge on any atom is -0.399 e. The van der Waals surface area contributed by atoms with E-state index < -0.39 is 6.62 Å². The Morgan fingerprint density at radius 1 is 1.33 bits per heavy atom. The second kappa shape index (κ2) is 4.66. The fraction of sp³-hybridized carbons (Fsp3) is 1.00. The summed E-state index contributed by atoms with van der Waals surface area (Å²) in [4.78, 5) is 0. The van der Waals surface area contributed by atoms with Gasteiger partial charge in [0.2, 0.25) is 0 Å². The maximum atomic E-state index is 5.59. The first-order valence-corrected chi connectivity index (χ1v) is 9.23. The average molecular weight is 182 g/mol. The van der Waals surface area contributed by atoms with Gasteiger partial charge >= 0.3 is 6.62 Å². The van der Waals surface area contributed by atoms with Gasteiger partial charge in [0, 0.05) is 6.61 Å². The highest BCUT2D eigenvalue weighted by molar-refractivity contribution is 8.56. The average Bonchev–Trinajstić information content (AvgIpc) is 1.89. The first kappa shape index (κ1) is 9.88. The molecule has 0 rings (SSSR count). The van der Waals surface area contributed by atoms with Crippen LogP contribution in [0.3, 0.4) is 0 Å². The van der Waals surface area contributed by atoms with Gasteiger partial charge in [-0.05, 0) is 26.0 Å². The molecule has 0 aromatic heterocycles. The maximum Gasteiger partial charge on any atom is 0.314 e. The molecule has 0 atom stereocenters. The van der Waals surface area contributed by atoms with E-state index in [0.717, 1.165) is 6.61 Å². The van der Waals surface area contributed by atoms with Crippen molar-refractivity contribution in [1.82, 2.24) is 0 Å². The van der Waals surface area contributed by atoms with Crippen LogP contribution in [-0.4, -0.2) is 25.7 Å². The molecular weight excluding hydrogens is 168 g/mol. The van der Waals surface area contributed by atoms with Gasteiger partial charge in [-0.3, -0.25) is 0 Å². The number of rotatable bonds is 4. The van der Waals surface area contributed by atoms with Crippen molar-refractivity contribution in [1.29, 1.82) is 0 Å². The third-order valence-corrected chi connectivity index (χ3v) is 11.6. The monoisotopic (exact) mass is 182 g/mol. The molecule has 1 nitrogen and oxygen atoms in total. The summed E-state index contributed by atoms with van der Waals surface area (Å²) in [5.41, 5.74) is 0. The van der Waals surface area contributed by atoms with Gasteiger partial charge in [0.25, 0.3) is 0 Å². The van der Waals surface area contributed by atoms with Crippen LogP contribution in [0.1, 0.15) is 6.92 Å². The van der Waals surface area contributed by atoms with E-state index in [9.17, 15) is 0 Å². The molecule has 0 saturated heterocycles. The van der Waals surface area contributed by atoms with Crippen LogP contribution in [0, 0.1) is 0 Å². The molecule has 0 unspecified atom stereocenters. The lowest BCUT2D eigenvalue weighted by molar-refractivity contribution is 0.355. The molecule has 0 aromatic carbocycles. The van der Waals surface area contributed by atoms with E-state index in [0.29, 0.717) is 0 Å². The van der Waals surface area contributed by atoms with Gasteiger partial charge in [-0.15, -0.1) is 22.4 Å². The fourth-order valence-electron chi connectivity index (χ4n) is 0.463. The highest BCUT2D eigenvalue weighted by Gasteiger charge is 2.26. The summed E-state index contributed by atoms with van der Waals surface area (Å²) in [5, 5.41) is 0. The third-order valence-electron chi connectivity index (χ3n) is 1.15. The Kier molecular flexibility index (Phi) is 5.11. The van der Waals surface area contributed by atoms with E-state index in [4.69, 9.17) is 4.43 Å². The molecule has 9 heavy (non-hydrogen) atoms. The van der Waals surface area contributed by atoms with Gasteiger partial charge in [0.1, 0.15) is 0 Å². The first-order chi connectivity index (χ1) is 4.18. The van der Waals surface area contributed by atoms with Crippen molar-refractivity contribution in [2.24, 2.45) is 0 Å². The molecule has 0 aliphatic heterocycles. The van der Waals surface area contributed by atoms with E-state index in [-0.39, 0.29) is 0 Å². The zero-order valence-electron chi connectivity index (χ0n) is 6.43. The van der Waals surface area contributed by atoms with Crippen molar-refractivity contribution < 1.29 is 4.43 Å². The van der Waals surface area contributed by atoms with Gasteiger partial charge in [-0.1, -0.05) is 0 Å². The lowest BCUT2D eigenvalue weighted by atomic mass is 10.9. The maximum absolute atomic E-state index is 5.59. The van der Waals surface area contributed by atoms with Crippen molar-refractivity contribution in [3.05, 3.63) is 0 Å². The van der Waals surface area contributed by atoms with Gasteiger partial charge in [0.15, 0.2) is 0 Å². The highest BCUT2D eigenvalue weighted by Crippen LogP contribution is 2.28. The van der Waals surface area contributed by atoms with Crippen LogP contribution in [-0.2, 0) is 4.43 Å². The zero-order chi connectivity index (χ0) is 7.33. The Bertz CT molecular complexity index is 75.4.